The van der Waals surface area contributed by atoms with Crippen molar-refractivity contribution in [1.29, 1.82) is 0 Å². The van der Waals surface area contributed by atoms with Crippen molar-refractivity contribution in [2.45, 2.75) is 38.8 Å². The Kier molecular flexibility index (Phi) is 4.57. The van der Waals surface area contributed by atoms with Crippen LogP contribution in [-0.4, -0.2) is 21.4 Å². The number of hydrogen-bond acceptors (Lipinski definition) is 3. The average molecular weight is 273 g/mol. The highest BCUT2D eigenvalue weighted by Crippen LogP contribution is 2.23. The van der Waals surface area contributed by atoms with E-state index in [-0.39, 0.29) is 6.54 Å². The molecule has 108 valence electrons. The van der Waals surface area contributed by atoms with Gasteiger partial charge in [-0.1, -0.05) is 44.2 Å². The Morgan fingerprint density at radius 2 is 1.90 bits per heavy atom. The number of hydrogen-bond donors (Lipinski definition) is 2. The molecule has 0 fully saturated rings. The molecule has 1 unspecified atom stereocenters. The average Bonchev–Trinajstić information content (AvgIpc) is 2.90. The van der Waals surface area contributed by atoms with Gasteiger partial charge in [-0.05, 0) is 24.5 Å². The molecule has 1 heterocycles. The summed E-state index contributed by atoms with van der Waals surface area (Å²) in [6.07, 6.45) is 1.79. The molecule has 0 spiro atoms. The fourth-order valence-corrected chi connectivity index (χ4v) is 2.38. The molecule has 4 nitrogen and oxygen atoms in total. The number of rotatable bonds is 6. The second-order valence-corrected chi connectivity index (χ2v) is 5.09. The van der Waals surface area contributed by atoms with E-state index in [0.29, 0.717) is 6.54 Å². The van der Waals surface area contributed by atoms with Crippen LogP contribution < -0.4 is 5.73 Å². The molecule has 0 bridgehead atoms. The summed E-state index contributed by atoms with van der Waals surface area (Å²) in [6.45, 7) is 4.73. The molecule has 1 aromatic heterocycles. The van der Waals surface area contributed by atoms with Gasteiger partial charge in [0.25, 0.3) is 0 Å². The number of nitrogens with two attached hydrogens (primary N) is 1. The molecule has 2 rings (SSSR count). The molecule has 1 aromatic carbocycles. The van der Waals surface area contributed by atoms with Crippen molar-refractivity contribution in [3.05, 3.63) is 53.3 Å². The molecule has 0 saturated heterocycles. The maximum absolute atomic E-state index is 10.9. The van der Waals surface area contributed by atoms with E-state index in [1.807, 2.05) is 35.0 Å². The monoisotopic (exact) mass is 273 g/mol. The second kappa shape index (κ2) is 6.20. The van der Waals surface area contributed by atoms with Crippen molar-refractivity contribution in [3.8, 4) is 0 Å². The maximum Gasteiger partial charge on any atom is 0.121 e. The summed E-state index contributed by atoms with van der Waals surface area (Å²) < 4.78 is 1.89. The molecule has 0 aliphatic carbocycles. The van der Waals surface area contributed by atoms with E-state index in [1.165, 1.54) is 0 Å². The zero-order valence-corrected chi connectivity index (χ0v) is 12.2. The van der Waals surface area contributed by atoms with Crippen LogP contribution in [0, 0.1) is 0 Å². The minimum atomic E-state index is -1.08. The van der Waals surface area contributed by atoms with Crippen LogP contribution in [0.15, 0.2) is 36.4 Å². The van der Waals surface area contributed by atoms with Gasteiger partial charge in [-0.15, -0.1) is 0 Å². The van der Waals surface area contributed by atoms with Gasteiger partial charge in [0.1, 0.15) is 5.60 Å². The lowest BCUT2D eigenvalue weighted by atomic mass is 9.94. The third-order valence-electron chi connectivity index (χ3n) is 3.70. The van der Waals surface area contributed by atoms with Gasteiger partial charge in [0.05, 0.1) is 12.2 Å². The van der Waals surface area contributed by atoms with Gasteiger partial charge in [0, 0.05) is 12.2 Å². The number of aromatic nitrogens is 2. The minimum absolute atomic E-state index is 0.168. The molecule has 1 atom stereocenters. The highest BCUT2D eigenvalue weighted by atomic mass is 16.3. The van der Waals surface area contributed by atoms with Crippen molar-refractivity contribution in [2.75, 3.05) is 6.54 Å². The molecule has 0 amide bonds. The van der Waals surface area contributed by atoms with Crippen LogP contribution in [0.1, 0.15) is 30.8 Å². The summed E-state index contributed by atoms with van der Waals surface area (Å²) in [7, 11) is 0. The Bertz CT molecular complexity index is 550. The predicted molar refractivity (Wildman–Crippen MR) is 80.4 cm³/mol. The van der Waals surface area contributed by atoms with Crippen LogP contribution in [0.5, 0.6) is 0 Å². The predicted octanol–water partition coefficient (Wildman–Crippen LogP) is 1.85. The fourth-order valence-electron chi connectivity index (χ4n) is 2.38. The van der Waals surface area contributed by atoms with Crippen LogP contribution in [0.2, 0.25) is 0 Å². The van der Waals surface area contributed by atoms with Crippen molar-refractivity contribution in [2.24, 2.45) is 5.73 Å². The van der Waals surface area contributed by atoms with Crippen molar-refractivity contribution in [3.63, 3.8) is 0 Å². The van der Waals surface area contributed by atoms with Gasteiger partial charge in [-0.2, -0.15) is 5.10 Å². The van der Waals surface area contributed by atoms with E-state index < -0.39 is 5.60 Å². The molecule has 4 heteroatoms. The first-order valence-corrected chi connectivity index (χ1v) is 7.16. The third kappa shape index (κ3) is 2.92. The molecule has 20 heavy (non-hydrogen) atoms. The van der Waals surface area contributed by atoms with Crippen LogP contribution in [0.25, 0.3) is 0 Å². The van der Waals surface area contributed by atoms with Gasteiger partial charge < -0.3 is 10.8 Å². The lowest BCUT2D eigenvalue weighted by molar-refractivity contribution is 0.0231. The molecule has 0 radical (unpaired) electrons. The topological polar surface area (TPSA) is 64.1 Å². The van der Waals surface area contributed by atoms with Crippen molar-refractivity contribution < 1.29 is 5.11 Å². The molecular formula is C16H23N3O. The van der Waals surface area contributed by atoms with E-state index in [2.05, 4.69) is 25.0 Å². The molecular weight excluding hydrogens is 250 g/mol. The van der Waals surface area contributed by atoms with Gasteiger partial charge in [0.15, 0.2) is 0 Å². The van der Waals surface area contributed by atoms with Crippen LogP contribution in [0.3, 0.4) is 0 Å². The first-order chi connectivity index (χ1) is 9.62. The summed E-state index contributed by atoms with van der Waals surface area (Å²) in [6, 6.07) is 11.7. The summed E-state index contributed by atoms with van der Waals surface area (Å²) >= 11 is 0. The highest BCUT2D eigenvalue weighted by Gasteiger charge is 2.29. The van der Waals surface area contributed by atoms with Crippen molar-refractivity contribution in [1.82, 2.24) is 9.78 Å². The maximum atomic E-state index is 10.9. The summed E-state index contributed by atoms with van der Waals surface area (Å²) in [4.78, 5) is 0. The van der Waals surface area contributed by atoms with Gasteiger partial charge in [-0.25, -0.2) is 0 Å². The zero-order valence-electron chi connectivity index (χ0n) is 12.2. The summed E-state index contributed by atoms with van der Waals surface area (Å²) in [5, 5.41) is 15.4. The standard InChI is InChI=1S/C16H23N3O/c1-3-14-10-15(4-2)19(18-14)12-16(20,11-17)13-8-6-5-7-9-13/h5-10,20H,3-4,11-12,17H2,1-2H3. The fraction of sp³-hybridized carbons (Fsp3) is 0.438. The largest absolute Gasteiger partial charge is 0.382 e. The molecule has 3 N–H and O–H groups in total. The number of aryl methyl sites for hydroxylation is 2. The first-order valence-electron chi connectivity index (χ1n) is 7.16. The Labute approximate surface area is 120 Å². The van der Waals surface area contributed by atoms with Gasteiger partial charge in [-0.3, -0.25) is 4.68 Å². The van der Waals surface area contributed by atoms with Crippen LogP contribution >= 0.6 is 0 Å². The summed E-state index contributed by atoms with van der Waals surface area (Å²) in [5.74, 6) is 0. The Morgan fingerprint density at radius 3 is 2.45 bits per heavy atom. The van der Waals surface area contributed by atoms with Gasteiger partial charge >= 0.3 is 0 Å². The highest BCUT2D eigenvalue weighted by molar-refractivity contribution is 5.23. The molecule has 0 saturated carbocycles. The first kappa shape index (κ1) is 14.8. The number of aliphatic hydroxyl groups is 1. The minimum Gasteiger partial charge on any atom is -0.382 e. The Morgan fingerprint density at radius 1 is 1.20 bits per heavy atom. The van der Waals surface area contributed by atoms with E-state index in [9.17, 15) is 5.11 Å². The normalized spacial score (nSPS) is 14.2. The second-order valence-electron chi connectivity index (χ2n) is 5.09. The number of benzene rings is 1. The Balaban J connectivity index is 2.32. The number of nitrogens with zero attached hydrogens (tertiary/aromatic N) is 2. The van der Waals surface area contributed by atoms with Crippen LogP contribution in [0.4, 0.5) is 0 Å². The lowest BCUT2D eigenvalue weighted by Crippen LogP contribution is -2.39. The third-order valence-corrected chi connectivity index (χ3v) is 3.70. The molecule has 0 aliphatic heterocycles. The zero-order chi connectivity index (χ0) is 14.6. The van der Waals surface area contributed by atoms with E-state index in [0.717, 1.165) is 29.8 Å². The van der Waals surface area contributed by atoms with Gasteiger partial charge in [0.2, 0.25) is 0 Å². The van der Waals surface area contributed by atoms with Crippen LogP contribution in [-0.2, 0) is 25.0 Å². The quantitative estimate of drug-likeness (QED) is 0.844. The lowest BCUT2D eigenvalue weighted by Gasteiger charge is -2.27. The smallest absolute Gasteiger partial charge is 0.121 e. The van der Waals surface area contributed by atoms with E-state index in [1.54, 1.807) is 0 Å². The SMILES string of the molecule is CCc1cc(CC)n(CC(O)(CN)c2ccccc2)n1. The van der Waals surface area contributed by atoms with Crippen molar-refractivity contribution >= 4 is 0 Å². The molecule has 0 aliphatic rings. The Hall–Kier alpha value is -1.65. The summed E-state index contributed by atoms with van der Waals surface area (Å²) in [5.41, 5.74) is 7.76. The molecule has 2 aromatic rings. The van der Waals surface area contributed by atoms with E-state index in [4.69, 9.17) is 5.73 Å². The van der Waals surface area contributed by atoms with E-state index >= 15 is 0 Å².